The first-order valence-corrected chi connectivity index (χ1v) is 6.40. The average Bonchev–Trinajstić information content (AvgIpc) is 2.82. The third-order valence-corrected chi connectivity index (χ3v) is 3.38. The highest BCUT2D eigenvalue weighted by atomic mass is 32.1. The maximum Gasteiger partial charge on any atom is 0.0606 e. The minimum Gasteiger partial charge on any atom is -0.399 e. The number of hydrogen-bond acceptors (Lipinski definition) is 4. The molecule has 0 aliphatic heterocycles. The number of benzene rings is 1. The van der Waals surface area contributed by atoms with E-state index in [1.54, 1.807) is 11.3 Å². The molecule has 4 heteroatoms. The summed E-state index contributed by atoms with van der Waals surface area (Å²) in [6.45, 7) is 0.755. The molecular formula is C13H16N2OS. The minimum absolute atomic E-state index is 0.143. The molecule has 17 heavy (non-hydrogen) atoms. The maximum absolute atomic E-state index is 9.01. The summed E-state index contributed by atoms with van der Waals surface area (Å²) < 4.78 is 0. The van der Waals surface area contributed by atoms with Gasteiger partial charge in [-0.15, -0.1) is 0 Å². The highest BCUT2D eigenvalue weighted by Gasteiger charge is 2.09. The highest BCUT2D eigenvalue weighted by Crippen LogP contribution is 2.33. The van der Waals surface area contributed by atoms with Crippen molar-refractivity contribution in [2.24, 2.45) is 0 Å². The second kappa shape index (κ2) is 5.21. The van der Waals surface area contributed by atoms with E-state index in [0.717, 1.165) is 16.9 Å². The molecule has 1 aromatic heterocycles. The van der Waals surface area contributed by atoms with Crippen molar-refractivity contribution in [3.05, 3.63) is 35.0 Å². The Morgan fingerprint density at radius 3 is 2.82 bits per heavy atom. The van der Waals surface area contributed by atoms with E-state index in [9.17, 15) is 0 Å². The lowest BCUT2D eigenvalue weighted by atomic mass is 10.1. The number of nitrogen functional groups attached to an aromatic ring is 1. The fourth-order valence-corrected chi connectivity index (χ4v) is 2.46. The highest BCUT2D eigenvalue weighted by molar-refractivity contribution is 7.08. The van der Waals surface area contributed by atoms with Crippen molar-refractivity contribution >= 4 is 22.7 Å². The van der Waals surface area contributed by atoms with Gasteiger partial charge in [-0.1, -0.05) is 0 Å². The van der Waals surface area contributed by atoms with Crippen molar-refractivity contribution in [3.8, 4) is 11.1 Å². The van der Waals surface area contributed by atoms with Gasteiger partial charge in [-0.05, 0) is 40.6 Å². The van der Waals surface area contributed by atoms with Crippen LogP contribution < -0.4 is 10.6 Å². The fourth-order valence-electron chi connectivity index (χ4n) is 1.81. The van der Waals surface area contributed by atoms with E-state index in [2.05, 4.69) is 11.4 Å². The van der Waals surface area contributed by atoms with Crippen LogP contribution in [0.2, 0.25) is 0 Å². The monoisotopic (exact) mass is 248 g/mol. The lowest BCUT2D eigenvalue weighted by molar-refractivity contribution is 0.304. The van der Waals surface area contributed by atoms with Crippen LogP contribution >= 0.6 is 11.3 Å². The largest absolute Gasteiger partial charge is 0.399 e. The van der Waals surface area contributed by atoms with Gasteiger partial charge in [0.25, 0.3) is 0 Å². The van der Waals surface area contributed by atoms with E-state index in [-0.39, 0.29) is 6.61 Å². The Balaban J connectivity index is 2.45. The Morgan fingerprint density at radius 2 is 2.18 bits per heavy atom. The number of nitrogens with zero attached hydrogens (tertiary/aromatic N) is 1. The fraction of sp³-hybridized carbons (Fsp3) is 0.231. The van der Waals surface area contributed by atoms with Crippen molar-refractivity contribution in [2.45, 2.75) is 0 Å². The molecule has 2 aromatic rings. The summed E-state index contributed by atoms with van der Waals surface area (Å²) in [5, 5.41) is 13.2. The molecular weight excluding hydrogens is 232 g/mol. The molecule has 0 fully saturated rings. The van der Waals surface area contributed by atoms with Crippen molar-refractivity contribution in [2.75, 3.05) is 30.8 Å². The van der Waals surface area contributed by atoms with E-state index >= 15 is 0 Å². The van der Waals surface area contributed by atoms with Crippen LogP contribution in [0.1, 0.15) is 0 Å². The third kappa shape index (κ3) is 2.60. The molecule has 0 unspecified atom stereocenters. The Hall–Kier alpha value is -1.52. The van der Waals surface area contributed by atoms with Crippen LogP contribution in [0.5, 0.6) is 0 Å². The smallest absolute Gasteiger partial charge is 0.0606 e. The number of hydrogen-bond donors (Lipinski definition) is 2. The lowest BCUT2D eigenvalue weighted by Gasteiger charge is -2.21. The molecule has 0 aliphatic rings. The average molecular weight is 248 g/mol. The van der Waals surface area contributed by atoms with Crippen molar-refractivity contribution < 1.29 is 5.11 Å². The number of aliphatic hydroxyl groups is 1. The topological polar surface area (TPSA) is 49.5 Å². The Kier molecular flexibility index (Phi) is 3.66. The molecule has 0 atom stereocenters. The number of likely N-dealkylation sites (N-methyl/N-ethyl adjacent to an activating group) is 1. The number of anilines is 2. The molecule has 0 radical (unpaired) electrons. The summed E-state index contributed by atoms with van der Waals surface area (Å²) in [5.41, 5.74) is 9.97. The predicted octanol–water partition coefficient (Wildman–Crippen LogP) is 2.43. The van der Waals surface area contributed by atoms with Crippen LogP contribution in [0.25, 0.3) is 11.1 Å². The zero-order valence-electron chi connectivity index (χ0n) is 9.76. The molecule has 0 bridgehead atoms. The lowest BCUT2D eigenvalue weighted by Crippen LogP contribution is -2.21. The van der Waals surface area contributed by atoms with Gasteiger partial charge in [0.05, 0.1) is 6.61 Å². The van der Waals surface area contributed by atoms with Gasteiger partial charge in [0.1, 0.15) is 0 Å². The van der Waals surface area contributed by atoms with Crippen LogP contribution in [0.3, 0.4) is 0 Å². The first-order valence-electron chi connectivity index (χ1n) is 5.46. The van der Waals surface area contributed by atoms with E-state index in [1.807, 2.05) is 35.5 Å². The standard InChI is InChI=1S/C13H16N2OS/c1-15(5-6-16)13-3-2-11(14)8-12(13)10-4-7-17-9-10/h2-4,7-9,16H,5-6,14H2,1H3. The normalized spacial score (nSPS) is 10.5. The summed E-state index contributed by atoms with van der Waals surface area (Å²) in [4.78, 5) is 2.03. The van der Waals surface area contributed by atoms with E-state index in [0.29, 0.717) is 6.54 Å². The Labute approximate surface area is 105 Å². The van der Waals surface area contributed by atoms with E-state index < -0.39 is 0 Å². The summed E-state index contributed by atoms with van der Waals surface area (Å²) in [6.07, 6.45) is 0. The quantitative estimate of drug-likeness (QED) is 0.817. The molecule has 0 saturated heterocycles. The third-order valence-electron chi connectivity index (χ3n) is 2.70. The summed E-state index contributed by atoms with van der Waals surface area (Å²) in [6, 6.07) is 7.94. The summed E-state index contributed by atoms with van der Waals surface area (Å²) in [7, 11) is 1.97. The van der Waals surface area contributed by atoms with Gasteiger partial charge in [-0.25, -0.2) is 0 Å². The first-order chi connectivity index (χ1) is 8.22. The molecule has 1 aromatic carbocycles. The molecule has 0 saturated carbocycles. The van der Waals surface area contributed by atoms with Crippen molar-refractivity contribution in [1.82, 2.24) is 0 Å². The second-order valence-electron chi connectivity index (χ2n) is 3.93. The van der Waals surface area contributed by atoms with Gasteiger partial charge < -0.3 is 15.7 Å². The number of nitrogens with two attached hydrogens (primary N) is 1. The number of thiophene rings is 1. The summed E-state index contributed by atoms with van der Waals surface area (Å²) >= 11 is 1.67. The number of rotatable bonds is 4. The predicted molar refractivity (Wildman–Crippen MR) is 74.5 cm³/mol. The SMILES string of the molecule is CN(CCO)c1ccc(N)cc1-c1ccsc1. The van der Waals surface area contributed by atoms with Gasteiger partial charge in [0, 0.05) is 30.5 Å². The van der Waals surface area contributed by atoms with Gasteiger partial charge in [0.15, 0.2) is 0 Å². The maximum atomic E-state index is 9.01. The molecule has 90 valence electrons. The molecule has 2 rings (SSSR count). The van der Waals surface area contributed by atoms with E-state index in [4.69, 9.17) is 10.8 Å². The Bertz CT molecular complexity index is 482. The van der Waals surface area contributed by atoms with Crippen molar-refractivity contribution in [1.29, 1.82) is 0 Å². The van der Waals surface area contributed by atoms with Gasteiger partial charge in [-0.2, -0.15) is 11.3 Å². The molecule has 0 amide bonds. The van der Waals surface area contributed by atoms with Gasteiger partial charge >= 0.3 is 0 Å². The zero-order valence-corrected chi connectivity index (χ0v) is 10.6. The van der Waals surface area contributed by atoms with Crippen LogP contribution in [0, 0.1) is 0 Å². The van der Waals surface area contributed by atoms with E-state index in [1.165, 1.54) is 5.56 Å². The molecule has 0 spiro atoms. The first kappa shape index (κ1) is 12.0. The minimum atomic E-state index is 0.143. The van der Waals surface area contributed by atoms with Crippen LogP contribution in [0.15, 0.2) is 35.0 Å². The van der Waals surface area contributed by atoms with Crippen molar-refractivity contribution in [3.63, 3.8) is 0 Å². The second-order valence-corrected chi connectivity index (χ2v) is 4.71. The van der Waals surface area contributed by atoms with Crippen LogP contribution in [-0.4, -0.2) is 25.3 Å². The zero-order chi connectivity index (χ0) is 12.3. The summed E-state index contributed by atoms with van der Waals surface area (Å²) in [5.74, 6) is 0. The molecule has 3 N–H and O–H groups in total. The number of aliphatic hydroxyl groups excluding tert-OH is 1. The van der Waals surface area contributed by atoms with Gasteiger partial charge in [0.2, 0.25) is 0 Å². The van der Waals surface area contributed by atoms with Crippen LogP contribution in [0.4, 0.5) is 11.4 Å². The molecule has 1 heterocycles. The molecule has 3 nitrogen and oxygen atoms in total. The van der Waals surface area contributed by atoms with Crippen LogP contribution in [-0.2, 0) is 0 Å². The van der Waals surface area contributed by atoms with Gasteiger partial charge in [-0.3, -0.25) is 0 Å². The Morgan fingerprint density at radius 1 is 1.35 bits per heavy atom. The molecule has 0 aliphatic carbocycles.